The Balaban J connectivity index is 1.61. The van der Waals surface area contributed by atoms with Crippen molar-refractivity contribution in [2.24, 2.45) is 0 Å². The number of hydrogen-bond donors (Lipinski definition) is 1. The van der Waals surface area contributed by atoms with E-state index in [0.717, 1.165) is 22.5 Å². The van der Waals surface area contributed by atoms with E-state index in [1.165, 1.54) is 6.92 Å². The summed E-state index contributed by atoms with van der Waals surface area (Å²) in [5.41, 5.74) is 2.72. The van der Waals surface area contributed by atoms with Crippen molar-refractivity contribution >= 4 is 22.6 Å². The fourth-order valence-electron chi connectivity index (χ4n) is 2.83. The molecule has 1 N–H and O–H groups in total. The minimum Gasteiger partial charge on any atom is -0.491 e. The summed E-state index contributed by atoms with van der Waals surface area (Å²) in [7, 11) is 1.72. The highest BCUT2D eigenvalue weighted by Gasteiger charge is 2.12. The second-order valence-corrected chi connectivity index (χ2v) is 6.30. The van der Waals surface area contributed by atoms with Crippen LogP contribution in [0.25, 0.3) is 11.0 Å². The molecule has 136 valence electrons. The number of anilines is 1. The van der Waals surface area contributed by atoms with E-state index in [4.69, 9.17) is 4.74 Å². The van der Waals surface area contributed by atoms with Gasteiger partial charge in [-0.1, -0.05) is 12.1 Å². The Hall–Kier alpha value is -2.86. The van der Waals surface area contributed by atoms with E-state index in [0.29, 0.717) is 12.3 Å². The number of aliphatic hydroxyl groups excluding tert-OH is 1. The van der Waals surface area contributed by atoms with Crippen LogP contribution >= 0.6 is 0 Å². The SMILES string of the molecule is CC(=O)N(C)c1ccc(OC[C@@H](O)Cn2c(C)nc3ccccc32)cc1. The van der Waals surface area contributed by atoms with Crippen molar-refractivity contribution in [1.29, 1.82) is 0 Å². The molecular formula is C20H23N3O3. The number of carbonyl (C=O) groups is 1. The van der Waals surface area contributed by atoms with Crippen LogP contribution in [0.5, 0.6) is 5.75 Å². The van der Waals surface area contributed by atoms with Crippen LogP contribution in [0.4, 0.5) is 5.69 Å². The third-order valence-electron chi connectivity index (χ3n) is 4.38. The second kappa shape index (κ2) is 7.58. The lowest BCUT2D eigenvalue weighted by Crippen LogP contribution is -2.24. The van der Waals surface area contributed by atoms with Crippen molar-refractivity contribution in [1.82, 2.24) is 9.55 Å². The number of nitrogens with zero attached hydrogens (tertiary/aromatic N) is 3. The summed E-state index contributed by atoms with van der Waals surface area (Å²) >= 11 is 0. The van der Waals surface area contributed by atoms with Crippen LogP contribution in [0.3, 0.4) is 0 Å². The lowest BCUT2D eigenvalue weighted by molar-refractivity contribution is -0.116. The van der Waals surface area contributed by atoms with Gasteiger partial charge in [-0.2, -0.15) is 0 Å². The van der Waals surface area contributed by atoms with Gasteiger partial charge in [0.15, 0.2) is 0 Å². The number of aromatic nitrogens is 2. The fraction of sp³-hybridized carbons (Fsp3) is 0.300. The van der Waals surface area contributed by atoms with Crippen molar-refractivity contribution in [3.8, 4) is 5.75 Å². The molecular weight excluding hydrogens is 330 g/mol. The van der Waals surface area contributed by atoms with Gasteiger partial charge >= 0.3 is 0 Å². The number of hydrogen-bond acceptors (Lipinski definition) is 4. The molecule has 3 rings (SSSR count). The zero-order chi connectivity index (χ0) is 18.7. The molecule has 6 nitrogen and oxygen atoms in total. The molecule has 1 aromatic heterocycles. The highest BCUT2D eigenvalue weighted by molar-refractivity contribution is 5.90. The molecule has 0 bridgehead atoms. The first kappa shape index (κ1) is 17.9. The van der Waals surface area contributed by atoms with E-state index in [1.807, 2.05) is 47.9 Å². The fourth-order valence-corrected chi connectivity index (χ4v) is 2.83. The maximum Gasteiger partial charge on any atom is 0.223 e. The van der Waals surface area contributed by atoms with Crippen LogP contribution in [0.1, 0.15) is 12.7 Å². The number of imidazole rings is 1. The van der Waals surface area contributed by atoms with E-state index >= 15 is 0 Å². The van der Waals surface area contributed by atoms with Gasteiger partial charge in [0.25, 0.3) is 0 Å². The molecule has 0 spiro atoms. The molecule has 0 aliphatic heterocycles. The summed E-state index contributed by atoms with van der Waals surface area (Å²) in [4.78, 5) is 17.4. The predicted octanol–water partition coefficient (Wildman–Crippen LogP) is 2.77. The van der Waals surface area contributed by atoms with Gasteiger partial charge in [0.2, 0.25) is 5.91 Å². The molecule has 0 saturated heterocycles. The number of benzene rings is 2. The van der Waals surface area contributed by atoms with Crippen LogP contribution in [-0.4, -0.2) is 40.3 Å². The molecule has 2 aromatic carbocycles. The molecule has 1 atom stereocenters. The van der Waals surface area contributed by atoms with Gasteiger partial charge in [0, 0.05) is 19.7 Å². The standard InChI is InChI=1S/C20H23N3O3/c1-14-21-19-6-4-5-7-20(19)23(14)12-17(25)13-26-18-10-8-16(9-11-18)22(3)15(2)24/h4-11,17,25H,12-13H2,1-3H3/t17-/m0/s1. The highest BCUT2D eigenvalue weighted by Crippen LogP contribution is 2.19. The highest BCUT2D eigenvalue weighted by atomic mass is 16.5. The van der Waals surface area contributed by atoms with Gasteiger partial charge in [-0.25, -0.2) is 4.98 Å². The minimum absolute atomic E-state index is 0.0305. The van der Waals surface area contributed by atoms with Crippen LogP contribution in [-0.2, 0) is 11.3 Å². The molecule has 0 saturated carbocycles. The van der Waals surface area contributed by atoms with Crippen molar-refractivity contribution in [2.45, 2.75) is 26.5 Å². The molecule has 6 heteroatoms. The summed E-state index contributed by atoms with van der Waals surface area (Å²) in [6, 6.07) is 15.1. The summed E-state index contributed by atoms with van der Waals surface area (Å²) in [6.45, 7) is 4.03. The summed E-state index contributed by atoms with van der Waals surface area (Å²) in [5, 5.41) is 10.4. The number of para-hydroxylation sites is 2. The number of aryl methyl sites for hydroxylation is 1. The number of carbonyl (C=O) groups excluding carboxylic acids is 1. The Morgan fingerprint density at radius 1 is 1.23 bits per heavy atom. The van der Waals surface area contributed by atoms with E-state index in [2.05, 4.69) is 4.98 Å². The first-order valence-corrected chi connectivity index (χ1v) is 8.53. The normalized spacial score (nSPS) is 12.2. The maximum absolute atomic E-state index is 11.4. The Morgan fingerprint density at radius 2 is 1.92 bits per heavy atom. The summed E-state index contributed by atoms with van der Waals surface area (Å²) < 4.78 is 7.67. The number of aliphatic hydroxyl groups is 1. The molecule has 0 unspecified atom stereocenters. The molecule has 0 fully saturated rings. The summed E-state index contributed by atoms with van der Waals surface area (Å²) in [5.74, 6) is 1.48. The smallest absolute Gasteiger partial charge is 0.223 e. The third kappa shape index (κ3) is 3.86. The second-order valence-electron chi connectivity index (χ2n) is 6.30. The zero-order valence-electron chi connectivity index (χ0n) is 15.2. The minimum atomic E-state index is -0.661. The number of amides is 1. The first-order valence-electron chi connectivity index (χ1n) is 8.53. The van der Waals surface area contributed by atoms with Gasteiger partial charge in [0.1, 0.15) is 24.3 Å². The zero-order valence-corrected chi connectivity index (χ0v) is 15.2. The lowest BCUT2D eigenvalue weighted by Gasteiger charge is -2.17. The largest absolute Gasteiger partial charge is 0.491 e. The van der Waals surface area contributed by atoms with Crippen LogP contribution in [0.15, 0.2) is 48.5 Å². The molecule has 3 aromatic rings. The maximum atomic E-state index is 11.4. The molecule has 0 aliphatic carbocycles. The van der Waals surface area contributed by atoms with Gasteiger partial charge in [-0.05, 0) is 43.3 Å². The van der Waals surface area contributed by atoms with Crippen molar-refractivity contribution < 1.29 is 14.6 Å². The lowest BCUT2D eigenvalue weighted by atomic mass is 10.2. The van der Waals surface area contributed by atoms with Gasteiger partial charge in [-0.15, -0.1) is 0 Å². The average molecular weight is 353 g/mol. The number of rotatable bonds is 6. The Kier molecular flexibility index (Phi) is 5.23. The molecule has 1 heterocycles. The Bertz CT molecular complexity index is 902. The first-order chi connectivity index (χ1) is 12.5. The molecule has 0 aliphatic rings. The van der Waals surface area contributed by atoms with Crippen molar-refractivity contribution in [3.05, 3.63) is 54.4 Å². The Labute approximate surface area is 152 Å². The Morgan fingerprint density at radius 3 is 2.62 bits per heavy atom. The number of ether oxygens (including phenoxy) is 1. The van der Waals surface area contributed by atoms with Crippen LogP contribution in [0.2, 0.25) is 0 Å². The van der Waals surface area contributed by atoms with E-state index in [9.17, 15) is 9.90 Å². The number of fused-ring (bicyclic) bond motifs is 1. The van der Waals surface area contributed by atoms with E-state index < -0.39 is 6.10 Å². The predicted molar refractivity (Wildman–Crippen MR) is 101 cm³/mol. The third-order valence-corrected chi connectivity index (χ3v) is 4.38. The topological polar surface area (TPSA) is 67.6 Å². The van der Waals surface area contributed by atoms with Gasteiger partial charge in [-0.3, -0.25) is 4.79 Å². The molecule has 26 heavy (non-hydrogen) atoms. The van der Waals surface area contributed by atoms with Crippen molar-refractivity contribution in [2.75, 3.05) is 18.6 Å². The average Bonchev–Trinajstić information content (AvgIpc) is 2.95. The molecule has 1 amide bonds. The monoisotopic (exact) mass is 353 g/mol. The quantitative estimate of drug-likeness (QED) is 0.740. The van der Waals surface area contributed by atoms with Crippen LogP contribution in [0, 0.1) is 6.92 Å². The van der Waals surface area contributed by atoms with Gasteiger partial charge < -0.3 is 19.3 Å². The molecule has 0 radical (unpaired) electrons. The van der Waals surface area contributed by atoms with Crippen molar-refractivity contribution in [3.63, 3.8) is 0 Å². The van der Waals surface area contributed by atoms with Crippen LogP contribution < -0.4 is 9.64 Å². The van der Waals surface area contributed by atoms with E-state index in [1.54, 1.807) is 24.1 Å². The summed E-state index contributed by atoms with van der Waals surface area (Å²) in [6.07, 6.45) is -0.661. The van der Waals surface area contributed by atoms with Gasteiger partial charge in [0.05, 0.1) is 17.6 Å². The van der Waals surface area contributed by atoms with E-state index in [-0.39, 0.29) is 12.5 Å².